The van der Waals surface area contributed by atoms with Crippen molar-refractivity contribution in [2.75, 3.05) is 43.6 Å². The van der Waals surface area contributed by atoms with Gasteiger partial charge in [-0.2, -0.15) is 0 Å². The second-order valence-electron chi connectivity index (χ2n) is 9.96. The highest BCUT2D eigenvalue weighted by Gasteiger charge is 2.36. The van der Waals surface area contributed by atoms with E-state index < -0.39 is 5.82 Å². The molecule has 0 saturated carbocycles. The van der Waals surface area contributed by atoms with E-state index in [0.29, 0.717) is 65.7 Å². The van der Waals surface area contributed by atoms with E-state index in [4.69, 9.17) is 25.8 Å². The maximum atomic E-state index is 13.6. The largest absolute Gasteiger partial charge is 0.486 e. The Bertz CT molecular complexity index is 1380. The van der Waals surface area contributed by atoms with Gasteiger partial charge in [0.15, 0.2) is 0 Å². The summed E-state index contributed by atoms with van der Waals surface area (Å²) < 4.78 is 31.0. The number of carbonyl (C=O) groups is 1. The van der Waals surface area contributed by atoms with Gasteiger partial charge in [-0.1, -0.05) is 17.7 Å². The van der Waals surface area contributed by atoms with Gasteiger partial charge in [0, 0.05) is 48.3 Å². The summed E-state index contributed by atoms with van der Waals surface area (Å²) in [4.78, 5) is 24.2. The molecular formula is C28H29ClFN5O4. The van der Waals surface area contributed by atoms with E-state index in [1.165, 1.54) is 18.5 Å². The molecule has 204 valence electrons. The number of amides is 1. The van der Waals surface area contributed by atoms with Crippen molar-refractivity contribution >= 4 is 45.6 Å². The van der Waals surface area contributed by atoms with Crippen LogP contribution in [0.5, 0.6) is 5.75 Å². The van der Waals surface area contributed by atoms with E-state index in [-0.39, 0.29) is 17.0 Å². The SMILES string of the molecule is O=C(C=CCN1C2CCC1COC2)Nc1cc2c(Nc3ccc(F)c(Cl)c3)ncnc2cc1O[C@@H]1CCOC1. The number of halogens is 2. The van der Waals surface area contributed by atoms with Crippen LogP contribution in [0.15, 0.2) is 48.8 Å². The number of hydrogen-bond donors (Lipinski definition) is 2. The summed E-state index contributed by atoms with van der Waals surface area (Å²) in [6.45, 7) is 3.32. The Kier molecular flexibility index (Phi) is 7.60. The molecule has 1 amide bonds. The van der Waals surface area contributed by atoms with Gasteiger partial charge in [0.2, 0.25) is 5.91 Å². The van der Waals surface area contributed by atoms with Gasteiger partial charge >= 0.3 is 0 Å². The molecule has 9 nitrogen and oxygen atoms in total. The predicted molar refractivity (Wildman–Crippen MR) is 146 cm³/mol. The molecule has 3 saturated heterocycles. The molecule has 2 N–H and O–H groups in total. The molecule has 3 aliphatic heterocycles. The van der Waals surface area contributed by atoms with Crippen molar-refractivity contribution in [3.05, 3.63) is 59.7 Å². The van der Waals surface area contributed by atoms with Gasteiger partial charge in [0.25, 0.3) is 0 Å². The third-order valence-electron chi connectivity index (χ3n) is 7.34. The highest BCUT2D eigenvalue weighted by Crippen LogP contribution is 2.35. The maximum Gasteiger partial charge on any atom is 0.248 e. The second-order valence-corrected chi connectivity index (χ2v) is 10.4. The third-order valence-corrected chi connectivity index (χ3v) is 7.63. The van der Waals surface area contributed by atoms with Gasteiger partial charge in [-0.15, -0.1) is 0 Å². The number of aromatic nitrogens is 2. The number of ether oxygens (including phenoxy) is 3. The lowest BCUT2D eigenvalue weighted by Gasteiger charge is -2.33. The number of anilines is 3. The average Bonchev–Trinajstić information content (AvgIpc) is 3.50. The molecule has 2 aromatic carbocycles. The number of hydrogen-bond acceptors (Lipinski definition) is 8. The van der Waals surface area contributed by atoms with E-state index in [1.807, 2.05) is 6.08 Å². The van der Waals surface area contributed by atoms with E-state index in [9.17, 15) is 9.18 Å². The minimum absolute atomic E-state index is 0.00217. The predicted octanol–water partition coefficient (Wildman–Crippen LogP) is 4.69. The molecule has 4 heterocycles. The van der Waals surface area contributed by atoms with Gasteiger partial charge < -0.3 is 24.8 Å². The molecule has 2 unspecified atom stereocenters. The number of rotatable bonds is 8. The number of nitrogens with zero attached hydrogens (tertiary/aromatic N) is 3. The van der Waals surface area contributed by atoms with Crippen LogP contribution in [0.3, 0.4) is 0 Å². The molecule has 11 heteroatoms. The molecule has 3 fully saturated rings. The zero-order chi connectivity index (χ0) is 26.8. The molecule has 0 spiro atoms. The van der Waals surface area contributed by atoms with Crippen LogP contribution < -0.4 is 15.4 Å². The van der Waals surface area contributed by atoms with Crippen LogP contribution in [0, 0.1) is 5.82 Å². The van der Waals surface area contributed by atoms with Gasteiger partial charge in [0.1, 0.15) is 29.8 Å². The quantitative estimate of drug-likeness (QED) is 0.388. The summed E-state index contributed by atoms with van der Waals surface area (Å²) in [7, 11) is 0. The van der Waals surface area contributed by atoms with Crippen LogP contribution in [-0.4, -0.2) is 71.9 Å². The zero-order valence-electron chi connectivity index (χ0n) is 21.2. The van der Waals surface area contributed by atoms with Crippen molar-refractivity contribution in [2.45, 2.75) is 37.5 Å². The molecule has 39 heavy (non-hydrogen) atoms. The maximum absolute atomic E-state index is 13.6. The first-order valence-electron chi connectivity index (χ1n) is 13.1. The van der Waals surface area contributed by atoms with Crippen molar-refractivity contribution in [1.82, 2.24) is 14.9 Å². The molecule has 2 bridgehead atoms. The minimum Gasteiger partial charge on any atom is -0.486 e. The highest BCUT2D eigenvalue weighted by molar-refractivity contribution is 6.31. The molecule has 0 aliphatic carbocycles. The number of benzene rings is 2. The Balaban J connectivity index is 1.25. The fourth-order valence-electron chi connectivity index (χ4n) is 5.34. The number of morpholine rings is 1. The van der Waals surface area contributed by atoms with E-state index in [0.717, 1.165) is 32.5 Å². The van der Waals surface area contributed by atoms with Gasteiger partial charge in [-0.3, -0.25) is 9.69 Å². The van der Waals surface area contributed by atoms with E-state index >= 15 is 0 Å². The van der Waals surface area contributed by atoms with Crippen LogP contribution in [0.2, 0.25) is 5.02 Å². The Morgan fingerprint density at radius 1 is 1.13 bits per heavy atom. The monoisotopic (exact) mass is 553 g/mol. The van der Waals surface area contributed by atoms with Gasteiger partial charge in [0.05, 0.1) is 42.7 Å². The summed E-state index contributed by atoms with van der Waals surface area (Å²) in [5.41, 5.74) is 1.67. The standard InChI is InChI=1S/C28H29ClFN5O4/c29-22-10-17(3-6-23(22)30)33-28-21-11-25(26(12-24(21)31-16-32-28)39-20-7-9-37-15-20)34-27(36)2-1-8-35-18-4-5-19(35)14-38-13-18/h1-3,6,10-12,16,18-20H,4-5,7-9,13-15H2,(H,34,36)(H,31,32,33)/t18?,19?,20-/m1/s1. The lowest BCUT2D eigenvalue weighted by atomic mass is 10.1. The Hall–Kier alpha value is -3.31. The second kappa shape index (κ2) is 11.4. The smallest absolute Gasteiger partial charge is 0.248 e. The summed E-state index contributed by atoms with van der Waals surface area (Å²) in [5.74, 6) is 0.207. The summed E-state index contributed by atoms with van der Waals surface area (Å²) >= 11 is 5.96. The van der Waals surface area contributed by atoms with Gasteiger partial charge in [-0.25, -0.2) is 14.4 Å². The number of carbonyl (C=O) groups excluding carboxylic acids is 1. The first-order valence-corrected chi connectivity index (χ1v) is 13.5. The van der Waals surface area contributed by atoms with Crippen molar-refractivity contribution in [1.29, 1.82) is 0 Å². The zero-order valence-corrected chi connectivity index (χ0v) is 22.0. The van der Waals surface area contributed by atoms with Crippen LogP contribution in [0.4, 0.5) is 21.6 Å². The average molecular weight is 554 g/mol. The summed E-state index contributed by atoms with van der Waals surface area (Å²) in [5, 5.41) is 6.79. The topological polar surface area (TPSA) is 97.8 Å². The molecule has 0 radical (unpaired) electrons. The molecule has 6 rings (SSSR count). The number of fused-ring (bicyclic) bond motifs is 3. The van der Waals surface area contributed by atoms with E-state index in [1.54, 1.807) is 24.3 Å². The lowest BCUT2D eigenvalue weighted by molar-refractivity contribution is -0.112. The first kappa shape index (κ1) is 25.9. The van der Waals surface area contributed by atoms with Crippen LogP contribution in [-0.2, 0) is 14.3 Å². The highest BCUT2D eigenvalue weighted by atomic mass is 35.5. The number of nitrogens with one attached hydrogen (secondary N) is 2. The fraction of sp³-hybridized carbons (Fsp3) is 0.393. The fourth-order valence-corrected chi connectivity index (χ4v) is 5.52. The molecule has 3 aliphatic rings. The van der Waals surface area contributed by atoms with Crippen molar-refractivity contribution < 1.29 is 23.4 Å². The molecule has 1 aromatic heterocycles. The molecule has 3 atom stereocenters. The first-order chi connectivity index (χ1) is 19.0. The lowest BCUT2D eigenvalue weighted by Crippen LogP contribution is -2.45. The van der Waals surface area contributed by atoms with Crippen LogP contribution in [0.1, 0.15) is 19.3 Å². The molecule has 3 aromatic rings. The Morgan fingerprint density at radius 2 is 1.97 bits per heavy atom. The summed E-state index contributed by atoms with van der Waals surface area (Å²) in [6, 6.07) is 8.74. The van der Waals surface area contributed by atoms with Crippen molar-refractivity contribution in [3.8, 4) is 5.75 Å². The normalized spacial score (nSPS) is 23.0. The third kappa shape index (κ3) is 5.84. The molecular weight excluding hydrogens is 525 g/mol. The van der Waals surface area contributed by atoms with E-state index in [2.05, 4.69) is 25.5 Å². The minimum atomic E-state index is -0.508. The van der Waals surface area contributed by atoms with Crippen molar-refractivity contribution in [3.63, 3.8) is 0 Å². The van der Waals surface area contributed by atoms with Crippen molar-refractivity contribution in [2.24, 2.45) is 0 Å². The van der Waals surface area contributed by atoms with Crippen LogP contribution in [0.25, 0.3) is 10.9 Å². The van der Waals surface area contributed by atoms with Crippen LogP contribution >= 0.6 is 11.6 Å². The Morgan fingerprint density at radius 3 is 2.74 bits per heavy atom. The van der Waals surface area contributed by atoms with Gasteiger partial charge in [-0.05, 0) is 37.1 Å². The Labute approximate surface area is 230 Å². The summed E-state index contributed by atoms with van der Waals surface area (Å²) in [6.07, 6.45) is 7.79.